The summed E-state index contributed by atoms with van der Waals surface area (Å²) in [7, 11) is 0. The van der Waals surface area contributed by atoms with Crippen molar-refractivity contribution in [2.45, 2.75) is 31.9 Å². The van der Waals surface area contributed by atoms with E-state index >= 15 is 0 Å². The van der Waals surface area contributed by atoms with E-state index in [-0.39, 0.29) is 17.7 Å². The second-order valence-corrected chi connectivity index (χ2v) is 5.67. The minimum atomic E-state index is -0.850. The Balaban J connectivity index is 1.69. The number of cyclic esters (lactones) is 1. The molecule has 3 heterocycles. The number of hydrogen-bond acceptors (Lipinski definition) is 6. The first-order valence-electron chi connectivity index (χ1n) is 7.54. The molecule has 1 atom stereocenters. The summed E-state index contributed by atoms with van der Waals surface area (Å²) in [4.78, 5) is 40.4. The SMILES string of the molecule is O=C(OC1CCOC1=O)c1ccc2c(=O)n3c(nc2c1)CCC3. The summed E-state index contributed by atoms with van der Waals surface area (Å²) in [5, 5.41) is 0.479. The van der Waals surface area contributed by atoms with Crippen LogP contribution in [0.2, 0.25) is 0 Å². The molecule has 118 valence electrons. The molecular weight excluding hydrogens is 300 g/mol. The van der Waals surface area contributed by atoms with Gasteiger partial charge in [0.25, 0.3) is 5.56 Å². The second-order valence-electron chi connectivity index (χ2n) is 5.67. The number of nitrogens with zero attached hydrogens (tertiary/aromatic N) is 2. The van der Waals surface area contributed by atoms with E-state index in [2.05, 4.69) is 4.98 Å². The lowest BCUT2D eigenvalue weighted by molar-refractivity contribution is -0.145. The second kappa shape index (κ2) is 5.19. The van der Waals surface area contributed by atoms with E-state index in [9.17, 15) is 14.4 Å². The molecule has 1 fully saturated rings. The maximum atomic E-state index is 12.4. The summed E-state index contributed by atoms with van der Waals surface area (Å²) >= 11 is 0. The Bertz CT molecular complexity index is 886. The highest BCUT2D eigenvalue weighted by atomic mass is 16.6. The Labute approximate surface area is 130 Å². The van der Waals surface area contributed by atoms with Crippen LogP contribution >= 0.6 is 0 Å². The summed E-state index contributed by atoms with van der Waals surface area (Å²) in [6.07, 6.45) is 1.17. The lowest BCUT2D eigenvalue weighted by Crippen LogP contribution is -2.23. The smallest absolute Gasteiger partial charge is 0.347 e. The molecule has 7 heteroatoms. The zero-order valence-electron chi connectivity index (χ0n) is 12.3. The lowest BCUT2D eigenvalue weighted by atomic mass is 10.1. The molecule has 0 saturated carbocycles. The average Bonchev–Trinajstić information content (AvgIpc) is 3.16. The highest BCUT2D eigenvalue weighted by Gasteiger charge is 2.30. The van der Waals surface area contributed by atoms with Crippen molar-refractivity contribution >= 4 is 22.8 Å². The normalized spacial score (nSPS) is 19.7. The van der Waals surface area contributed by atoms with Crippen molar-refractivity contribution in [2.24, 2.45) is 0 Å². The molecule has 7 nitrogen and oxygen atoms in total. The molecule has 4 rings (SSSR count). The fourth-order valence-electron chi connectivity index (χ4n) is 2.99. The number of aryl methyl sites for hydroxylation is 1. The molecule has 0 aliphatic carbocycles. The van der Waals surface area contributed by atoms with Crippen LogP contribution in [0, 0.1) is 0 Å². The number of carbonyl (C=O) groups excluding carboxylic acids is 2. The van der Waals surface area contributed by atoms with Crippen LogP contribution in [0.5, 0.6) is 0 Å². The summed E-state index contributed by atoms with van der Waals surface area (Å²) in [6, 6.07) is 4.65. The van der Waals surface area contributed by atoms with E-state index < -0.39 is 18.0 Å². The molecule has 1 saturated heterocycles. The third-order valence-electron chi connectivity index (χ3n) is 4.19. The fourth-order valence-corrected chi connectivity index (χ4v) is 2.99. The maximum absolute atomic E-state index is 12.4. The molecule has 1 unspecified atom stereocenters. The number of aromatic nitrogens is 2. The van der Waals surface area contributed by atoms with Crippen LogP contribution in [0.15, 0.2) is 23.0 Å². The Morgan fingerprint density at radius 2 is 2.22 bits per heavy atom. The van der Waals surface area contributed by atoms with Crippen LogP contribution < -0.4 is 5.56 Å². The summed E-state index contributed by atoms with van der Waals surface area (Å²) in [5.41, 5.74) is 0.667. The fraction of sp³-hybridized carbons (Fsp3) is 0.375. The molecule has 1 aromatic heterocycles. The van der Waals surface area contributed by atoms with Gasteiger partial charge in [-0.15, -0.1) is 0 Å². The minimum Gasteiger partial charge on any atom is -0.463 e. The zero-order chi connectivity index (χ0) is 16.0. The van der Waals surface area contributed by atoms with E-state index in [0.717, 1.165) is 18.7 Å². The van der Waals surface area contributed by atoms with E-state index in [0.29, 0.717) is 23.9 Å². The maximum Gasteiger partial charge on any atom is 0.347 e. The predicted molar refractivity (Wildman–Crippen MR) is 79.1 cm³/mol. The topological polar surface area (TPSA) is 87.5 Å². The van der Waals surface area contributed by atoms with Gasteiger partial charge in [-0.3, -0.25) is 9.36 Å². The third kappa shape index (κ3) is 2.28. The van der Waals surface area contributed by atoms with Crippen molar-refractivity contribution in [3.63, 3.8) is 0 Å². The molecule has 2 aliphatic heterocycles. The molecule has 0 spiro atoms. The highest BCUT2D eigenvalue weighted by Crippen LogP contribution is 2.18. The monoisotopic (exact) mass is 314 g/mol. The highest BCUT2D eigenvalue weighted by molar-refractivity contribution is 5.95. The summed E-state index contributed by atoms with van der Waals surface area (Å²) < 4.78 is 11.6. The Morgan fingerprint density at radius 1 is 1.35 bits per heavy atom. The number of carbonyl (C=O) groups is 2. The Kier molecular flexibility index (Phi) is 3.14. The van der Waals surface area contributed by atoms with Gasteiger partial charge >= 0.3 is 11.9 Å². The first-order valence-corrected chi connectivity index (χ1v) is 7.54. The number of rotatable bonds is 2. The Hall–Kier alpha value is -2.70. The molecule has 0 radical (unpaired) electrons. The van der Waals surface area contributed by atoms with E-state index in [4.69, 9.17) is 9.47 Å². The van der Waals surface area contributed by atoms with Gasteiger partial charge in [-0.2, -0.15) is 0 Å². The predicted octanol–water partition coefficient (Wildman–Crippen LogP) is 0.815. The van der Waals surface area contributed by atoms with Crippen molar-refractivity contribution in [1.82, 2.24) is 9.55 Å². The first-order chi connectivity index (χ1) is 11.1. The standard InChI is InChI=1S/C16H14N2O5/c19-14-10-4-3-9(15(20)23-12-5-7-22-16(12)21)8-11(10)17-13-2-1-6-18(13)14/h3-4,8,12H,1-2,5-7H2. The molecule has 0 amide bonds. The largest absolute Gasteiger partial charge is 0.463 e. The molecule has 1 aromatic carbocycles. The third-order valence-corrected chi connectivity index (χ3v) is 4.19. The first kappa shape index (κ1) is 13.9. The molecule has 2 aromatic rings. The van der Waals surface area contributed by atoms with Gasteiger partial charge in [0.1, 0.15) is 5.82 Å². The van der Waals surface area contributed by atoms with E-state index in [1.807, 2.05) is 0 Å². The van der Waals surface area contributed by atoms with E-state index in [1.54, 1.807) is 16.7 Å². The zero-order valence-corrected chi connectivity index (χ0v) is 12.3. The number of ether oxygens (including phenoxy) is 2. The minimum absolute atomic E-state index is 0.0817. The van der Waals surface area contributed by atoms with Crippen LogP contribution in [0.25, 0.3) is 10.9 Å². The van der Waals surface area contributed by atoms with Gasteiger partial charge in [0.2, 0.25) is 6.10 Å². The molecule has 2 aliphatic rings. The summed E-state index contributed by atoms with van der Waals surface area (Å²) in [6.45, 7) is 0.948. The van der Waals surface area contributed by atoms with Gasteiger partial charge < -0.3 is 9.47 Å². The van der Waals surface area contributed by atoms with Crippen molar-refractivity contribution in [3.05, 3.63) is 39.9 Å². The van der Waals surface area contributed by atoms with Crippen LogP contribution in [-0.4, -0.2) is 34.2 Å². The van der Waals surface area contributed by atoms with Crippen LogP contribution in [0.1, 0.15) is 29.0 Å². The molecular formula is C16H14N2O5. The quantitative estimate of drug-likeness (QED) is 0.763. The van der Waals surface area contributed by atoms with E-state index in [1.165, 1.54) is 6.07 Å². The number of hydrogen-bond donors (Lipinski definition) is 0. The van der Waals surface area contributed by atoms with Gasteiger partial charge in [0.05, 0.1) is 23.1 Å². The van der Waals surface area contributed by atoms with Crippen molar-refractivity contribution in [2.75, 3.05) is 6.61 Å². The van der Waals surface area contributed by atoms with Gasteiger partial charge in [-0.05, 0) is 24.6 Å². The number of benzene rings is 1. The van der Waals surface area contributed by atoms with Crippen molar-refractivity contribution < 1.29 is 19.1 Å². The van der Waals surface area contributed by atoms with Crippen molar-refractivity contribution in [3.8, 4) is 0 Å². The number of esters is 2. The van der Waals surface area contributed by atoms with Crippen molar-refractivity contribution in [1.29, 1.82) is 0 Å². The van der Waals surface area contributed by atoms with Crippen LogP contribution in [0.4, 0.5) is 0 Å². The molecule has 23 heavy (non-hydrogen) atoms. The lowest BCUT2D eigenvalue weighted by Gasteiger charge is -2.09. The Morgan fingerprint density at radius 3 is 3.00 bits per heavy atom. The van der Waals surface area contributed by atoms with Gasteiger partial charge in [-0.25, -0.2) is 14.6 Å². The number of fused-ring (bicyclic) bond motifs is 2. The van der Waals surface area contributed by atoms with Crippen LogP contribution in [0.3, 0.4) is 0 Å². The van der Waals surface area contributed by atoms with Gasteiger partial charge in [0.15, 0.2) is 0 Å². The van der Waals surface area contributed by atoms with Gasteiger partial charge in [0, 0.05) is 19.4 Å². The summed E-state index contributed by atoms with van der Waals surface area (Å²) in [5.74, 6) is -0.390. The van der Waals surface area contributed by atoms with Gasteiger partial charge in [-0.1, -0.05) is 0 Å². The average molecular weight is 314 g/mol. The van der Waals surface area contributed by atoms with Crippen LogP contribution in [-0.2, 0) is 27.2 Å². The molecule has 0 N–H and O–H groups in total. The molecule has 0 bridgehead atoms.